The molecule has 0 aliphatic carbocycles. The van der Waals surface area contributed by atoms with Crippen LogP contribution in [0.25, 0.3) is 6.08 Å². The number of unbranched alkanes of at least 4 members (excludes halogenated alkanes) is 4. The highest BCUT2D eigenvalue weighted by molar-refractivity contribution is 7.20. The highest BCUT2D eigenvalue weighted by atomic mass is 19.4. The predicted octanol–water partition coefficient (Wildman–Crippen LogP) is 15.6. The molecule has 1 aromatic heterocycles. The first-order chi connectivity index (χ1) is 35.7. The molecule has 0 radical (unpaired) electrons. The normalized spacial score (nSPS) is 13.4. The molecule has 0 saturated carbocycles. The molecule has 422 valence electrons. The van der Waals surface area contributed by atoms with Gasteiger partial charge in [-0.15, -0.1) is 0 Å². The van der Waals surface area contributed by atoms with Crippen molar-refractivity contribution in [3.63, 3.8) is 0 Å². The van der Waals surface area contributed by atoms with Crippen LogP contribution in [0.15, 0.2) is 128 Å². The number of aromatic nitrogens is 2. The van der Waals surface area contributed by atoms with E-state index in [1.54, 1.807) is 0 Å². The molecule has 1 heterocycles. The van der Waals surface area contributed by atoms with Gasteiger partial charge in [-0.1, -0.05) is 111 Å². The fourth-order valence-electron chi connectivity index (χ4n) is 8.43. The number of alkyl halides is 24. The van der Waals surface area contributed by atoms with E-state index in [1.807, 2.05) is 18.6 Å². The van der Waals surface area contributed by atoms with Crippen LogP contribution >= 0.6 is 0 Å². The molecule has 0 aliphatic heterocycles. The Morgan fingerprint density at radius 3 is 1.00 bits per heavy atom. The van der Waals surface area contributed by atoms with Crippen LogP contribution in [0, 0.1) is 0 Å². The van der Waals surface area contributed by atoms with Gasteiger partial charge in [0, 0.05) is 11.6 Å². The first kappa shape index (κ1) is 62.2. The molecule has 0 bridgehead atoms. The molecule has 0 amide bonds. The van der Waals surface area contributed by atoms with Crippen LogP contribution in [-0.4, -0.2) is 11.1 Å². The number of nitrogens with zero attached hydrogens (tertiary/aromatic N) is 2. The average molecular weight is 1140 g/mol. The van der Waals surface area contributed by atoms with Gasteiger partial charge in [0.15, 0.2) is 12.7 Å². The Labute approximate surface area is 427 Å². The quantitative estimate of drug-likeness (QED) is 0.0516. The molecule has 0 N–H and O–H groups in total. The summed E-state index contributed by atoms with van der Waals surface area (Å²) in [6.07, 6.45) is -38.1. The van der Waals surface area contributed by atoms with Crippen molar-refractivity contribution in [2.75, 3.05) is 0 Å². The van der Waals surface area contributed by atoms with Crippen molar-refractivity contribution in [2.45, 2.75) is 95.0 Å². The van der Waals surface area contributed by atoms with Crippen molar-refractivity contribution in [1.29, 1.82) is 0 Å². The fourth-order valence-corrected chi connectivity index (χ4v) is 8.43. The van der Waals surface area contributed by atoms with Crippen molar-refractivity contribution < 1.29 is 110 Å². The fraction of sp³-hybridized carbons (Fsp3) is 0.294. The molecular formula is C51H37BF24N2. The Bertz CT molecular complexity index is 2590. The molecule has 0 unspecified atom stereocenters. The largest absolute Gasteiger partial charge is 0.416 e. The molecule has 6 aromatic rings. The van der Waals surface area contributed by atoms with Crippen LogP contribution in [-0.2, 0) is 56.0 Å². The Morgan fingerprint density at radius 2 is 0.718 bits per heavy atom. The monoisotopic (exact) mass is 1140 g/mol. The molecule has 2 nitrogen and oxygen atoms in total. The van der Waals surface area contributed by atoms with Gasteiger partial charge in [-0.3, -0.25) is 4.98 Å². The SMILES string of the molecule is CCCCCCC=Cc1cncc[n+]1Cc1ccccc1.FC(F)(F)c1cc([B-](c2cc(C(F)(F)F)cc(C(F)(F)F)c2)(c2cc(C(F)(F)F)cc(C(F)(F)F)c2)c2cc(C(F)(F)F)cc(C(F)(F)F)c2)cc(C(F)(F)F)c1. The van der Waals surface area contributed by atoms with Gasteiger partial charge in [0.25, 0.3) is 0 Å². The van der Waals surface area contributed by atoms with Crippen LogP contribution < -0.4 is 26.4 Å². The molecule has 0 saturated heterocycles. The summed E-state index contributed by atoms with van der Waals surface area (Å²) >= 11 is 0. The third kappa shape index (κ3) is 15.5. The average Bonchev–Trinajstić information content (AvgIpc) is 3.36. The number of hydrogen-bond acceptors (Lipinski definition) is 1. The van der Waals surface area contributed by atoms with E-state index < -0.39 is 195 Å². The zero-order valence-electron chi connectivity index (χ0n) is 39.5. The molecule has 0 fully saturated rings. The van der Waals surface area contributed by atoms with E-state index in [9.17, 15) is 105 Å². The second kappa shape index (κ2) is 22.9. The first-order valence-corrected chi connectivity index (χ1v) is 22.6. The molecule has 6 rings (SSSR count). The summed E-state index contributed by atoms with van der Waals surface area (Å²) in [4.78, 5) is 4.24. The smallest absolute Gasteiger partial charge is 0.252 e. The van der Waals surface area contributed by atoms with E-state index in [0.717, 1.165) is 18.7 Å². The maximum absolute atomic E-state index is 14.2. The summed E-state index contributed by atoms with van der Waals surface area (Å²) in [5.41, 5.74) is -27.7. The number of rotatable bonds is 12. The number of allylic oxidation sites excluding steroid dienone is 1. The number of halogens is 24. The zero-order chi connectivity index (χ0) is 58.7. The van der Waals surface area contributed by atoms with Crippen molar-refractivity contribution in [2.24, 2.45) is 0 Å². The highest BCUT2D eigenvalue weighted by Crippen LogP contribution is 2.41. The summed E-state index contributed by atoms with van der Waals surface area (Å²) in [6.45, 7) is 3.14. The van der Waals surface area contributed by atoms with E-state index in [4.69, 9.17) is 0 Å². The van der Waals surface area contributed by atoms with Gasteiger partial charge < -0.3 is 0 Å². The Balaban J connectivity index is 0.000000443. The van der Waals surface area contributed by atoms with Crippen molar-refractivity contribution in [1.82, 2.24) is 4.98 Å². The Kier molecular flexibility index (Phi) is 18.3. The number of hydrogen-bond donors (Lipinski definition) is 0. The Hall–Kier alpha value is -6.70. The third-order valence-corrected chi connectivity index (χ3v) is 12.0. The van der Waals surface area contributed by atoms with Gasteiger partial charge >= 0.3 is 49.4 Å². The van der Waals surface area contributed by atoms with Gasteiger partial charge in [0.2, 0.25) is 5.69 Å². The minimum Gasteiger partial charge on any atom is -0.252 e. The van der Waals surface area contributed by atoms with Crippen LogP contribution in [0.5, 0.6) is 0 Å². The third-order valence-electron chi connectivity index (χ3n) is 12.0. The van der Waals surface area contributed by atoms with Crippen molar-refractivity contribution in [3.05, 3.63) is 184 Å². The van der Waals surface area contributed by atoms with Crippen LogP contribution in [0.2, 0.25) is 0 Å². The molecule has 78 heavy (non-hydrogen) atoms. The summed E-state index contributed by atoms with van der Waals surface area (Å²) in [7, 11) is 0. The maximum atomic E-state index is 14.2. The summed E-state index contributed by atoms with van der Waals surface area (Å²) in [5, 5.41) is 0. The van der Waals surface area contributed by atoms with Crippen LogP contribution in [0.4, 0.5) is 105 Å². The van der Waals surface area contributed by atoms with Gasteiger partial charge in [-0.05, 0) is 37.1 Å². The van der Waals surface area contributed by atoms with Crippen LogP contribution in [0.3, 0.4) is 0 Å². The highest BCUT2D eigenvalue weighted by Gasteiger charge is 2.47. The minimum absolute atomic E-state index is 0.691. The van der Waals surface area contributed by atoms with Crippen molar-refractivity contribution >= 4 is 34.1 Å². The number of benzene rings is 5. The van der Waals surface area contributed by atoms with Gasteiger partial charge in [-0.2, -0.15) is 132 Å². The van der Waals surface area contributed by atoms with Crippen molar-refractivity contribution in [3.8, 4) is 0 Å². The second-order valence-electron chi connectivity index (χ2n) is 17.6. The zero-order valence-corrected chi connectivity index (χ0v) is 39.5. The summed E-state index contributed by atoms with van der Waals surface area (Å²) < 4.78 is 343. The summed E-state index contributed by atoms with van der Waals surface area (Å²) in [6, 6.07) is 1.73. The minimum atomic E-state index is -6.13. The molecular weight excluding hydrogens is 1110 g/mol. The predicted molar refractivity (Wildman–Crippen MR) is 238 cm³/mol. The molecule has 0 spiro atoms. The second-order valence-corrected chi connectivity index (χ2v) is 17.6. The lowest BCUT2D eigenvalue weighted by Gasteiger charge is -2.46. The lowest BCUT2D eigenvalue weighted by atomic mass is 9.12. The van der Waals surface area contributed by atoms with Gasteiger partial charge in [-0.25, -0.2) is 0 Å². The van der Waals surface area contributed by atoms with E-state index in [1.165, 1.54) is 31.2 Å². The maximum Gasteiger partial charge on any atom is 0.416 e. The molecule has 0 atom stereocenters. The summed E-state index contributed by atoms with van der Waals surface area (Å²) in [5.74, 6) is 0. The lowest BCUT2D eigenvalue weighted by molar-refractivity contribution is -0.690. The first-order valence-electron chi connectivity index (χ1n) is 22.6. The van der Waals surface area contributed by atoms with Crippen LogP contribution in [0.1, 0.15) is 94.8 Å². The van der Waals surface area contributed by atoms with Gasteiger partial charge in [0.05, 0.1) is 56.9 Å². The van der Waals surface area contributed by atoms with Gasteiger partial charge in [0.1, 0.15) is 6.15 Å². The topological polar surface area (TPSA) is 16.8 Å². The van der Waals surface area contributed by atoms with E-state index in [2.05, 4.69) is 59.0 Å². The molecule has 0 aliphatic rings. The van der Waals surface area contributed by atoms with E-state index in [-0.39, 0.29) is 0 Å². The standard InChI is InChI=1S/C32H12BF24.C19H25N2/c34-25(35,36)13-1-14(26(37,38)39)6-21(5-13)33(22-7-15(27(40,41)42)2-16(8-22)28(43,44)45,23-9-17(29(46,47)48)3-18(10-23)30(49,50)51)24-11-19(31(52,53)54)4-20(12-24)32(55,56)57;1-2-3-4-5-6-10-13-19-16-20-14-15-21(19)17-18-11-8-7-9-12-18/h1-12H;7-16H,2-6,17H2,1H3/q-1;+1. The van der Waals surface area contributed by atoms with E-state index in [0.29, 0.717) is 0 Å². The molecule has 27 heteroatoms. The molecule has 5 aromatic carbocycles. The van der Waals surface area contributed by atoms with E-state index >= 15 is 0 Å². The lowest BCUT2D eigenvalue weighted by Crippen LogP contribution is -2.75. The Morgan fingerprint density at radius 1 is 0.410 bits per heavy atom.